The van der Waals surface area contributed by atoms with Gasteiger partial charge in [-0.2, -0.15) is 0 Å². The summed E-state index contributed by atoms with van der Waals surface area (Å²) in [4.78, 5) is 2.52. The Morgan fingerprint density at radius 2 is 1.85 bits per heavy atom. The predicted octanol–water partition coefficient (Wildman–Crippen LogP) is 2.71. The van der Waals surface area contributed by atoms with Crippen molar-refractivity contribution in [3.05, 3.63) is 28.8 Å². The Morgan fingerprint density at radius 3 is 2.40 bits per heavy atom. The van der Waals surface area contributed by atoms with E-state index in [0.717, 1.165) is 38.5 Å². The minimum atomic E-state index is 0.107. The molecule has 112 valence electrons. The van der Waals surface area contributed by atoms with Crippen LogP contribution in [-0.4, -0.2) is 38.2 Å². The maximum absolute atomic E-state index is 5.62. The SMILES string of the molecule is COc1c(C)cc(CN2CCNCC2)cc1C(C)(C)C. The summed E-state index contributed by atoms with van der Waals surface area (Å²) in [6, 6.07) is 4.60. The summed E-state index contributed by atoms with van der Waals surface area (Å²) >= 11 is 0. The molecule has 1 aliphatic rings. The van der Waals surface area contributed by atoms with E-state index in [1.807, 2.05) is 0 Å². The number of aryl methyl sites for hydroxylation is 1. The van der Waals surface area contributed by atoms with Crippen LogP contribution in [0.4, 0.5) is 0 Å². The number of hydrogen-bond donors (Lipinski definition) is 1. The summed E-state index contributed by atoms with van der Waals surface area (Å²) in [5, 5.41) is 3.40. The number of rotatable bonds is 3. The first kappa shape index (κ1) is 15.3. The van der Waals surface area contributed by atoms with Crippen LogP contribution in [0.3, 0.4) is 0 Å². The number of nitrogens with one attached hydrogen (secondary N) is 1. The summed E-state index contributed by atoms with van der Waals surface area (Å²) < 4.78 is 5.62. The van der Waals surface area contributed by atoms with Gasteiger partial charge in [-0.15, -0.1) is 0 Å². The first-order valence-electron chi connectivity index (χ1n) is 7.53. The van der Waals surface area contributed by atoms with Gasteiger partial charge in [0.25, 0.3) is 0 Å². The van der Waals surface area contributed by atoms with Gasteiger partial charge in [0.2, 0.25) is 0 Å². The molecule has 0 amide bonds. The van der Waals surface area contributed by atoms with Crippen LogP contribution in [-0.2, 0) is 12.0 Å². The molecule has 0 radical (unpaired) electrons. The van der Waals surface area contributed by atoms with E-state index >= 15 is 0 Å². The Bertz CT molecular complexity index is 457. The second kappa shape index (κ2) is 6.15. The molecule has 0 aromatic heterocycles. The Labute approximate surface area is 123 Å². The van der Waals surface area contributed by atoms with Crippen molar-refractivity contribution >= 4 is 0 Å². The summed E-state index contributed by atoms with van der Waals surface area (Å²) in [6.07, 6.45) is 0. The van der Waals surface area contributed by atoms with Crippen molar-refractivity contribution in [3.63, 3.8) is 0 Å². The normalized spacial score (nSPS) is 17.2. The number of piperazine rings is 1. The fraction of sp³-hybridized carbons (Fsp3) is 0.647. The molecule has 1 aromatic rings. The molecule has 1 aliphatic heterocycles. The largest absolute Gasteiger partial charge is 0.496 e. The van der Waals surface area contributed by atoms with Gasteiger partial charge >= 0.3 is 0 Å². The lowest BCUT2D eigenvalue weighted by atomic mass is 9.84. The lowest BCUT2D eigenvalue weighted by Gasteiger charge is -2.29. The molecule has 1 saturated heterocycles. The van der Waals surface area contributed by atoms with Gasteiger partial charge in [0.15, 0.2) is 0 Å². The second-order valence-electron chi connectivity index (χ2n) is 6.77. The molecule has 2 rings (SSSR count). The monoisotopic (exact) mass is 276 g/mol. The number of methoxy groups -OCH3 is 1. The van der Waals surface area contributed by atoms with Gasteiger partial charge in [-0.3, -0.25) is 4.90 Å². The lowest BCUT2D eigenvalue weighted by molar-refractivity contribution is 0.233. The van der Waals surface area contributed by atoms with Gasteiger partial charge in [0.1, 0.15) is 5.75 Å². The van der Waals surface area contributed by atoms with Crippen LogP contribution in [0, 0.1) is 6.92 Å². The van der Waals surface area contributed by atoms with Gasteiger partial charge in [0.05, 0.1) is 7.11 Å². The molecule has 3 heteroatoms. The molecule has 0 spiro atoms. The molecular formula is C17H28N2O. The molecular weight excluding hydrogens is 248 g/mol. The molecule has 1 heterocycles. The van der Waals surface area contributed by atoms with Crippen LogP contribution in [0.25, 0.3) is 0 Å². The van der Waals surface area contributed by atoms with Crippen LogP contribution >= 0.6 is 0 Å². The lowest BCUT2D eigenvalue weighted by Crippen LogP contribution is -2.42. The van der Waals surface area contributed by atoms with Crippen molar-refractivity contribution in [2.24, 2.45) is 0 Å². The third-order valence-corrected chi connectivity index (χ3v) is 3.96. The van der Waals surface area contributed by atoms with E-state index in [9.17, 15) is 0 Å². The first-order chi connectivity index (χ1) is 9.41. The average Bonchev–Trinajstić information content (AvgIpc) is 2.38. The van der Waals surface area contributed by atoms with Crippen LogP contribution in [0.15, 0.2) is 12.1 Å². The summed E-state index contributed by atoms with van der Waals surface area (Å²) in [6.45, 7) is 14.4. The fourth-order valence-corrected chi connectivity index (χ4v) is 2.90. The zero-order chi connectivity index (χ0) is 14.8. The molecule has 0 bridgehead atoms. The van der Waals surface area contributed by atoms with Crippen LogP contribution in [0.2, 0.25) is 0 Å². The Hall–Kier alpha value is -1.06. The van der Waals surface area contributed by atoms with Crippen molar-refractivity contribution in [3.8, 4) is 5.75 Å². The van der Waals surface area contributed by atoms with Gasteiger partial charge in [0, 0.05) is 38.3 Å². The van der Waals surface area contributed by atoms with Crippen molar-refractivity contribution in [1.82, 2.24) is 10.2 Å². The molecule has 20 heavy (non-hydrogen) atoms. The highest BCUT2D eigenvalue weighted by atomic mass is 16.5. The molecule has 0 aliphatic carbocycles. The zero-order valence-corrected chi connectivity index (χ0v) is 13.5. The minimum absolute atomic E-state index is 0.107. The van der Waals surface area contributed by atoms with Gasteiger partial charge in [-0.05, 0) is 23.5 Å². The Balaban J connectivity index is 2.28. The maximum Gasteiger partial charge on any atom is 0.125 e. The molecule has 0 atom stereocenters. The molecule has 1 fully saturated rings. The number of nitrogens with zero attached hydrogens (tertiary/aromatic N) is 1. The number of benzene rings is 1. The van der Waals surface area contributed by atoms with E-state index < -0.39 is 0 Å². The van der Waals surface area contributed by atoms with Crippen molar-refractivity contribution < 1.29 is 4.74 Å². The van der Waals surface area contributed by atoms with E-state index in [0.29, 0.717) is 0 Å². The van der Waals surface area contributed by atoms with Gasteiger partial charge in [-0.25, -0.2) is 0 Å². The van der Waals surface area contributed by atoms with Gasteiger partial charge in [-0.1, -0.05) is 32.9 Å². The van der Waals surface area contributed by atoms with E-state index in [-0.39, 0.29) is 5.41 Å². The third kappa shape index (κ3) is 3.53. The highest BCUT2D eigenvalue weighted by Gasteiger charge is 2.21. The Kier molecular flexibility index (Phi) is 4.71. The topological polar surface area (TPSA) is 24.5 Å². The maximum atomic E-state index is 5.62. The van der Waals surface area contributed by atoms with Crippen molar-refractivity contribution in [2.45, 2.75) is 39.7 Å². The summed E-state index contributed by atoms with van der Waals surface area (Å²) in [5.41, 5.74) is 4.06. The molecule has 1 aromatic carbocycles. The molecule has 0 unspecified atom stereocenters. The predicted molar refractivity (Wildman–Crippen MR) is 84.6 cm³/mol. The second-order valence-corrected chi connectivity index (χ2v) is 6.77. The van der Waals surface area contributed by atoms with Crippen LogP contribution in [0.5, 0.6) is 5.75 Å². The first-order valence-corrected chi connectivity index (χ1v) is 7.53. The van der Waals surface area contributed by atoms with E-state index in [1.54, 1.807) is 7.11 Å². The van der Waals surface area contributed by atoms with Crippen LogP contribution in [0.1, 0.15) is 37.5 Å². The zero-order valence-electron chi connectivity index (χ0n) is 13.5. The van der Waals surface area contributed by atoms with Crippen molar-refractivity contribution in [1.29, 1.82) is 0 Å². The third-order valence-electron chi connectivity index (χ3n) is 3.96. The fourth-order valence-electron chi connectivity index (χ4n) is 2.90. The van der Waals surface area contributed by atoms with Crippen LogP contribution < -0.4 is 10.1 Å². The Morgan fingerprint density at radius 1 is 1.20 bits per heavy atom. The quantitative estimate of drug-likeness (QED) is 0.918. The molecule has 3 nitrogen and oxygen atoms in total. The summed E-state index contributed by atoms with van der Waals surface area (Å²) in [5.74, 6) is 1.04. The van der Waals surface area contributed by atoms with Gasteiger partial charge < -0.3 is 10.1 Å². The number of hydrogen-bond acceptors (Lipinski definition) is 3. The van der Waals surface area contributed by atoms with E-state index in [2.05, 4.69) is 50.0 Å². The van der Waals surface area contributed by atoms with Crippen molar-refractivity contribution in [2.75, 3.05) is 33.3 Å². The number of ether oxygens (including phenoxy) is 1. The van der Waals surface area contributed by atoms with E-state index in [4.69, 9.17) is 4.74 Å². The average molecular weight is 276 g/mol. The molecule has 0 saturated carbocycles. The molecule has 1 N–H and O–H groups in total. The summed E-state index contributed by atoms with van der Waals surface area (Å²) in [7, 11) is 1.77. The minimum Gasteiger partial charge on any atom is -0.496 e. The smallest absolute Gasteiger partial charge is 0.125 e. The standard InChI is InChI=1S/C17H28N2O/c1-13-10-14(12-19-8-6-18-7-9-19)11-15(16(13)20-5)17(2,3)4/h10-11,18H,6-9,12H2,1-5H3. The highest BCUT2D eigenvalue weighted by Crippen LogP contribution is 2.35. The van der Waals surface area contributed by atoms with E-state index in [1.165, 1.54) is 16.7 Å². The highest BCUT2D eigenvalue weighted by molar-refractivity contribution is 5.47.